The highest BCUT2D eigenvalue weighted by molar-refractivity contribution is 5.95. The number of halogens is 2. The number of phenols is 1. The summed E-state index contributed by atoms with van der Waals surface area (Å²) in [5, 5.41) is 12.6. The van der Waals surface area contributed by atoms with E-state index in [0.717, 1.165) is 44.3 Å². The largest absolute Gasteiger partial charge is 0.508 e. The molecule has 3 aromatic rings. The number of nitrogens with zero attached hydrogens (tertiary/aromatic N) is 2. The molecule has 40 heavy (non-hydrogen) atoms. The molecule has 0 unspecified atom stereocenters. The standard InChI is InChI=1S/C32H33F2N3O3/c33-25-8-5-23(6-9-25)24-7-10-29(30(34)21-24)32(40)37-18-14-27(15-19-37)36-16-12-26(13-17-36)35-31(39)11-4-22-2-1-3-28(38)20-22/h1-11,20-21,26-27,38H,12-19H2,(H,35,39)/b11-4+. The quantitative estimate of drug-likeness (QED) is 0.416. The second-order valence-corrected chi connectivity index (χ2v) is 10.5. The Bertz CT molecular complexity index is 1380. The Morgan fingerprint density at radius 1 is 0.850 bits per heavy atom. The summed E-state index contributed by atoms with van der Waals surface area (Å²) >= 11 is 0. The lowest BCUT2D eigenvalue weighted by Crippen LogP contribution is -2.51. The monoisotopic (exact) mass is 545 g/mol. The molecule has 2 aliphatic rings. The van der Waals surface area contributed by atoms with Crippen molar-refractivity contribution in [1.82, 2.24) is 15.1 Å². The van der Waals surface area contributed by atoms with Crippen LogP contribution in [-0.2, 0) is 4.79 Å². The van der Waals surface area contributed by atoms with E-state index in [0.29, 0.717) is 30.3 Å². The van der Waals surface area contributed by atoms with Crippen LogP contribution in [0.4, 0.5) is 8.78 Å². The number of piperidine rings is 2. The normalized spacial score (nSPS) is 17.3. The van der Waals surface area contributed by atoms with Crippen LogP contribution in [0.3, 0.4) is 0 Å². The molecule has 2 heterocycles. The number of aromatic hydroxyl groups is 1. The van der Waals surface area contributed by atoms with Gasteiger partial charge in [0.1, 0.15) is 17.4 Å². The van der Waals surface area contributed by atoms with E-state index in [4.69, 9.17) is 0 Å². The van der Waals surface area contributed by atoms with E-state index in [1.165, 1.54) is 30.3 Å². The zero-order valence-corrected chi connectivity index (χ0v) is 22.2. The average Bonchev–Trinajstić information content (AvgIpc) is 2.97. The SMILES string of the molecule is O=C(/C=C/c1cccc(O)c1)NC1CCN(C2CCN(C(=O)c3ccc(-c4ccc(F)cc4)cc3F)CC2)CC1. The maximum Gasteiger partial charge on any atom is 0.256 e. The fourth-order valence-corrected chi connectivity index (χ4v) is 5.57. The lowest BCUT2D eigenvalue weighted by Gasteiger charge is -2.41. The Balaban J connectivity index is 1.07. The molecule has 2 fully saturated rings. The fourth-order valence-electron chi connectivity index (χ4n) is 5.57. The number of rotatable bonds is 6. The third kappa shape index (κ3) is 6.74. The lowest BCUT2D eigenvalue weighted by molar-refractivity contribution is -0.117. The van der Waals surface area contributed by atoms with E-state index in [2.05, 4.69) is 10.2 Å². The van der Waals surface area contributed by atoms with Crippen LogP contribution < -0.4 is 5.32 Å². The summed E-state index contributed by atoms with van der Waals surface area (Å²) in [4.78, 5) is 29.6. The zero-order valence-electron chi connectivity index (χ0n) is 22.2. The first-order valence-corrected chi connectivity index (χ1v) is 13.7. The van der Waals surface area contributed by atoms with Crippen molar-refractivity contribution in [1.29, 1.82) is 0 Å². The highest BCUT2D eigenvalue weighted by Crippen LogP contribution is 2.26. The number of hydrogen-bond donors (Lipinski definition) is 2. The molecule has 0 bridgehead atoms. The average molecular weight is 546 g/mol. The van der Waals surface area contributed by atoms with E-state index in [1.807, 2.05) is 6.07 Å². The number of likely N-dealkylation sites (tertiary alicyclic amines) is 2. The van der Waals surface area contributed by atoms with Gasteiger partial charge in [-0.15, -0.1) is 0 Å². The smallest absolute Gasteiger partial charge is 0.256 e. The predicted octanol–water partition coefficient (Wildman–Crippen LogP) is 5.24. The molecule has 0 aliphatic carbocycles. The van der Waals surface area contributed by atoms with Gasteiger partial charge < -0.3 is 20.2 Å². The molecule has 6 nitrogen and oxygen atoms in total. The molecule has 2 amide bonds. The third-order valence-electron chi connectivity index (χ3n) is 7.82. The van der Waals surface area contributed by atoms with Crippen LogP contribution in [0.25, 0.3) is 17.2 Å². The van der Waals surface area contributed by atoms with Crippen molar-refractivity contribution in [2.45, 2.75) is 37.8 Å². The lowest BCUT2D eigenvalue weighted by atomic mass is 9.97. The number of hydrogen-bond acceptors (Lipinski definition) is 4. The van der Waals surface area contributed by atoms with E-state index in [1.54, 1.807) is 47.4 Å². The van der Waals surface area contributed by atoms with Gasteiger partial charge in [-0.25, -0.2) is 8.78 Å². The molecular formula is C32H33F2N3O3. The molecule has 0 saturated carbocycles. The van der Waals surface area contributed by atoms with Crippen molar-refractivity contribution in [2.75, 3.05) is 26.2 Å². The molecule has 3 aromatic carbocycles. The van der Waals surface area contributed by atoms with Crippen molar-refractivity contribution in [2.24, 2.45) is 0 Å². The van der Waals surface area contributed by atoms with Gasteiger partial charge in [-0.1, -0.05) is 30.3 Å². The van der Waals surface area contributed by atoms with Gasteiger partial charge in [-0.2, -0.15) is 0 Å². The minimum Gasteiger partial charge on any atom is -0.508 e. The number of amides is 2. The van der Waals surface area contributed by atoms with Crippen LogP contribution in [-0.4, -0.2) is 65.0 Å². The Morgan fingerprint density at radius 3 is 2.23 bits per heavy atom. The topological polar surface area (TPSA) is 72.9 Å². The van der Waals surface area contributed by atoms with Gasteiger partial charge in [-0.05, 0) is 84.8 Å². The van der Waals surface area contributed by atoms with E-state index in [9.17, 15) is 23.5 Å². The maximum atomic E-state index is 14.9. The first kappa shape index (κ1) is 27.5. The second kappa shape index (κ2) is 12.4. The molecule has 0 atom stereocenters. The Hall–Kier alpha value is -4.04. The summed E-state index contributed by atoms with van der Waals surface area (Å²) in [5.74, 6) is -1.22. The molecule has 2 saturated heterocycles. The molecule has 208 valence electrons. The van der Waals surface area contributed by atoms with Crippen LogP contribution in [0.15, 0.2) is 72.8 Å². The van der Waals surface area contributed by atoms with Crippen molar-refractivity contribution in [3.8, 4) is 16.9 Å². The molecule has 2 N–H and O–H groups in total. The Labute approximate surface area is 232 Å². The fraction of sp³-hybridized carbons (Fsp3) is 0.312. The Morgan fingerprint density at radius 2 is 1.55 bits per heavy atom. The van der Waals surface area contributed by atoms with Crippen LogP contribution in [0.5, 0.6) is 5.75 Å². The highest BCUT2D eigenvalue weighted by atomic mass is 19.1. The van der Waals surface area contributed by atoms with E-state index >= 15 is 0 Å². The summed E-state index contributed by atoms with van der Waals surface area (Å²) in [6.07, 6.45) is 6.54. The minimum absolute atomic E-state index is 0.0546. The zero-order chi connectivity index (χ0) is 28.1. The van der Waals surface area contributed by atoms with Gasteiger partial charge in [0.2, 0.25) is 5.91 Å². The number of carbonyl (C=O) groups is 2. The first-order valence-electron chi connectivity index (χ1n) is 13.7. The van der Waals surface area contributed by atoms with Crippen LogP contribution in [0.1, 0.15) is 41.6 Å². The van der Waals surface area contributed by atoms with Crippen molar-refractivity contribution >= 4 is 17.9 Å². The number of carbonyl (C=O) groups excluding carboxylic acids is 2. The molecule has 5 rings (SSSR count). The molecule has 0 radical (unpaired) electrons. The predicted molar refractivity (Wildman–Crippen MR) is 151 cm³/mol. The molecule has 0 aromatic heterocycles. The van der Waals surface area contributed by atoms with Crippen molar-refractivity contribution < 1.29 is 23.5 Å². The van der Waals surface area contributed by atoms with Crippen molar-refractivity contribution in [3.05, 3.63) is 95.6 Å². The molecule has 8 heteroatoms. The number of phenolic OH excluding ortho intramolecular Hbond substituents is 1. The maximum absolute atomic E-state index is 14.9. The minimum atomic E-state index is -0.574. The van der Waals surface area contributed by atoms with Gasteiger partial charge in [0.05, 0.1) is 5.56 Å². The summed E-state index contributed by atoms with van der Waals surface area (Å²) in [6, 6.07) is 17.6. The van der Waals surface area contributed by atoms with Crippen LogP contribution in [0.2, 0.25) is 0 Å². The van der Waals surface area contributed by atoms with Crippen LogP contribution >= 0.6 is 0 Å². The molecular weight excluding hydrogens is 512 g/mol. The Kier molecular flexibility index (Phi) is 8.55. The van der Waals surface area contributed by atoms with E-state index < -0.39 is 5.82 Å². The van der Waals surface area contributed by atoms with Gasteiger partial charge in [0.15, 0.2) is 0 Å². The summed E-state index contributed by atoms with van der Waals surface area (Å²) < 4.78 is 28.1. The summed E-state index contributed by atoms with van der Waals surface area (Å²) in [6.45, 7) is 2.89. The van der Waals surface area contributed by atoms with Gasteiger partial charge >= 0.3 is 0 Å². The third-order valence-corrected chi connectivity index (χ3v) is 7.82. The van der Waals surface area contributed by atoms with Gasteiger partial charge in [-0.3, -0.25) is 9.59 Å². The summed E-state index contributed by atoms with van der Waals surface area (Å²) in [7, 11) is 0. The highest BCUT2D eigenvalue weighted by Gasteiger charge is 2.31. The van der Waals surface area contributed by atoms with Crippen molar-refractivity contribution in [3.63, 3.8) is 0 Å². The van der Waals surface area contributed by atoms with Gasteiger partial charge in [0.25, 0.3) is 5.91 Å². The number of benzene rings is 3. The van der Waals surface area contributed by atoms with Gasteiger partial charge in [0, 0.05) is 44.3 Å². The molecule has 2 aliphatic heterocycles. The van der Waals surface area contributed by atoms with E-state index in [-0.39, 0.29) is 35.0 Å². The number of nitrogens with one attached hydrogen (secondary N) is 1. The van der Waals surface area contributed by atoms with Crippen LogP contribution in [0, 0.1) is 11.6 Å². The second-order valence-electron chi connectivity index (χ2n) is 10.5. The first-order chi connectivity index (χ1) is 19.4. The molecule has 0 spiro atoms. The summed E-state index contributed by atoms with van der Waals surface area (Å²) in [5.41, 5.74) is 2.10.